The SMILES string of the molecule is CC(C)Cc1ccc(C(O)c2cscn2)cc1. The van der Waals surface area contributed by atoms with E-state index in [1.165, 1.54) is 16.9 Å². The quantitative estimate of drug-likeness (QED) is 0.898. The fourth-order valence-electron chi connectivity index (χ4n) is 1.84. The van der Waals surface area contributed by atoms with E-state index in [4.69, 9.17) is 0 Å². The van der Waals surface area contributed by atoms with Gasteiger partial charge in [-0.25, -0.2) is 4.98 Å². The van der Waals surface area contributed by atoms with Crippen LogP contribution in [0, 0.1) is 5.92 Å². The van der Waals surface area contributed by atoms with Crippen molar-refractivity contribution in [1.82, 2.24) is 4.98 Å². The third kappa shape index (κ3) is 3.14. The van der Waals surface area contributed by atoms with E-state index in [2.05, 4.69) is 31.0 Å². The Balaban J connectivity index is 2.12. The topological polar surface area (TPSA) is 33.1 Å². The lowest BCUT2D eigenvalue weighted by molar-refractivity contribution is 0.216. The van der Waals surface area contributed by atoms with Gasteiger partial charge >= 0.3 is 0 Å². The second-order valence-electron chi connectivity index (χ2n) is 4.66. The summed E-state index contributed by atoms with van der Waals surface area (Å²) in [7, 11) is 0. The van der Waals surface area contributed by atoms with Crippen molar-refractivity contribution in [3.8, 4) is 0 Å². The smallest absolute Gasteiger partial charge is 0.122 e. The maximum absolute atomic E-state index is 10.1. The molecule has 17 heavy (non-hydrogen) atoms. The van der Waals surface area contributed by atoms with Crippen LogP contribution in [0.25, 0.3) is 0 Å². The Morgan fingerprint density at radius 2 is 1.94 bits per heavy atom. The van der Waals surface area contributed by atoms with Crippen LogP contribution in [-0.2, 0) is 6.42 Å². The van der Waals surface area contributed by atoms with Crippen molar-refractivity contribution in [1.29, 1.82) is 0 Å². The fourth-order valence-corrected chi connectivity index (χ4v) is 2.41. The van der Waals surface area contributed by atoms with E-state index in [1.54, 1.807) is 5.51 Å². The van der Waals surface area contributed by atoms with E-state index in [1.807, 2.05) is 17.5 Å². The molecular weight excluding hydrogens is 230 g/mol. The largest absolute Gasteiger partial charge is 0.382 e. The number of hydrogen-bond acceptors (Lipinski definition) is 3. The van der Waals surface area contributed by atoms with Gasteiger partial charge in [0.15, 0.2) is 0 Å². The normalized spacial score (nSPS) is 12.9. The van der Waals surface area contributed by atoms with Crippen molar-refractivity contribution in [2.45, 2.75) is 26.4 Å². The van der Waals surface area contributed by atoms with Crippen molar-refractivity contribution in [2.75, 3.05) is 0 Å². The van der Waals surface area contributed by atoms with E-state index in [-0.39, 0.29) is 0 Å². The highest BCUT2D eigenvalue weighted by Crippen LogP contribution is 2.22. The summed E-state index contributed by atoms with van der Waals surface area (Å²) >= 11 is 1.50. The summed E-state index contributed by atoms with van der Waals surface area (Å²) in [5.41, 5.74) is 4.69. The molecule has 0 fully saturated rings. The average Bonchev–Trinajstić information content (AvgIpc) is 2.82. The zero-order valence-corrected chi connectivity index (χ0v) is 10.9. The molecule has 0 saturated carbocycles. The van der Waals surface area contributed by atoms with Crippen LogP contribution < -0.4 is 0 Å². The van der Waals surface area contributed by atoms with Crippen molar-refractivity contribution in [2.24, 2.45) is 5.92 Å². The van der Waals surface area contributed by atoms with Gasteiger partial charge in [0, 0.05) is 5.38 Å². The van der Waals surface area contributed by atoms with Gasteiger partial charge in [-0.2, -0.15) is 0 Å². The second kappa shape index (κ2) is 5.43. The number of thiazole rings is 1. The minimum absolute atomic E-state index is 0.602. The highest BCUT2D eigenvalue weighted by atomic mass is 32.1. The summed E-state index contributed by atoms with van der Waals surface area (Å²) in [4.78, 5) is 4.13. The summed E-state index contributed by atoms with van der Waals surface area (Å²) in [6.07, 6.45) is 0.474. The summed E-state index contributed by atoms with van der Waals surface area (Å²) in [5, 5.41) is 12.0. The molecule has 0 amide bonds. The molecule has 0 aliphatic heterocycles. The Hall–Kier alpha value is -1.19. The lowest BCUT2D eigenvalue weighted by Crippen LogP contribution is -2.00. The summed E-state index contributed by atoms with van der Waals surface area (Å²) in [6, 6.07) is 8.15. The Bertz CT molecular complexity index is 448. The summed E-state index contributed by atoms with van der Waals surface area (Å²) < 4.78 is 0. The monoisotopic (exact) mass is 247 g/mol. The number of aliphatic hydroxyl groups is 1. The zero-order valence-electron chi connectivity index (χ0n) is 10.1. The molecule has 0 saturated heterocycles. The van der Waals surface area contributed by atoms with E-state index in [9.17, 15) is 5.11 Å². The molecule has 0 bridgehead atoms. The van der Waals surface area contributed by atoms with Crippen LogP contribution >= 0.6 is 11.3 Å². The van der Waals surface area contributed by atoms with Crippen molar-refractivity contribution in [3.63, 3.8) is 0 Å². The first-order chi connectivity index (χ1) is 8.16. The Labute approximate surface area is 106 Å². The van der Waals surface area contributed by atoms with Gasteiger partial charge in [-0.1, -0.05) is 38.1 Å². The maximum Gasteiger partial charge on any atom is 0.122 e. The molecule has 1 aromatic heterocycles. The molecule has 0 aliphatic carbocycles. The van der Waals surface area contributed by atoms with Gasteiger partial charge in [0.25, 0.3) is 0 Å². The van der Waals surface area contributed by atoms with E-state index < -0.39 is 6.10 Å². The van der Waals surface area contributed by atoms with Gasteiger partial charge < -0.3 is 5.11 Å². The molecule has 2 rings (SSSR count). The van der Waals surface area contributed by atoms with E-state index in [0.717, 1.165) is 17.7 Å². The van der Waals surface area contributed by atoms with Gasteiger partial charge in [0.05, 0.1) is 11.2 Å². The number of benzene rings is 1. The lowest BCUT2D eigenvalue weighted by atomic mass is 10.00. The molecule has 0 spiro atoms. The minimum Gasteiger partial charge on any atom is -0.382 e. The molecule has 90 valence electrons. The van der Waals surface area contributed by atoms with Gasteiger partial charge in [0.2, 0.25) is 0 Å². The van der Waals surface area contributed by atoms with E-state index >= 15 is 0 Å². The molecule has 1 heterocycles. The summed E-state index contributed by atoms with van der Waals surface area (Å²) in [6.45, 7) is 4.41. The Morgan fingerprint density at radius 3 is 2.47 bits per heavy atom. The number of hydrogen-bond donors (Lipinski definition) is 1. The van der Waals surface area contributed by atoms with Gasteiger partial charge in [-0.3, -0.25) is 0 Å². The van der Waals surface area contributed by atoms with Crippen LogP contribution in [0.1, 0.15) is 36.8 Å². The number of nitrogens with zero attached hydrogens (tertiary/aromatic N) is 1. The molecule has 1 atom stereocenters. The first kappa shape index (κ1) is 12.3. The van der Waals surface area contributed by atoms with Crippen LogP contribution in [0.3, 0.4) is 0 Å². The summed E-state index contributed by atoms with van der Waals surface area (Å²) in [5.74, 6) is 0.657. The minimum atomic E-state index is -0.602. The molecule has 1 N–H and O–H groups in total. The maximum atomic E-state index is 10.1. The molecule has 1 unspecified atom stereocenters. The average molecular weight is 247 g/mol. The van der Waals surface area contributed by atoms with Crippen molar-refractivity contribution < 1.29 is 5.11 Å². The van der Waals surface area contributed by atoms with Gasteiger partial charge in [-0.15, -0.1) is 11.3 Å². The highest BCUT2D eigenvalue weighted by Gasteiger charge is 2.11. The standard InChI is InChI=1S/C14H17NOS/c1-10(2)7-11-3-5-12(6-4-11)14(16)13-8-17-9-15-13/h3-6,8-10,14,16H,7H2,1-2H3. The van der Waals surface area contributed by atoms with Crippen LogP contribution in [0.2, 0.25) is 0 Å². The third-order valence-corrected chi connectivity index (χ3v) is 3.28. The molecule has 0 aliphatic rings. The predicted octanol–water partition coefficient (Wildman–Crippen LogP) is 3.42. The molecule has 2 nitrogen and oxygen atoms in total. The molecule has 2 aromatic rings. The van der Waals surface area contributed by atoms with Crippen molar-refractivity contribution in [3.05, 3.63) is 52.0 Å². The van der Waals surface area contributed by atoms with E-state index in [0.29, 0.717) is 5.92 Å². The fraction of sp³-hybridized carbons (Fsp3) is 0.357. The third-order valence-electron chi connectivity index (χ3n) is 2.67. The van der Waals surface area contributed by atoms with Crippen LogP contribution in [0.5, 0.6) is 0 Å². The van der Waals surface area contributed by atoms with Crippen LogP contribution in [0.15, 0.2) is 35.2 Å². The molecule has 1 aromatic carbocycles. The predicted molar refractivity (Wildman–Crippen MR) is 71.2 cm³/mol. The highest BCUT2D eigenvalue weighted by molar-refractivity contribution is 7.07. The number of rotatable bonds is 4. The Kier molecular flexibility index (Phi) is 3.92. The van der Waals surface area contributed by atoms with Crippen LogP contribution in [-0.4, -0.2) is 10.1 Å². The van der Waals surface area contributed by atoms with Gasteiger partial charge in [0.1, 0.15) is 6.10 Å². The lowest BCUT2D eigenvalue weighted by Gasteiger charge is -2.10. The molecule has 3 heteroatoms. The first-order valence-electron chi connectivity index (χ1n) is 5.82. The molecule has 0 radical (unpaired) electrons. The van der Waals surface area contributed by atoms with Crippen molar-refractivity contribution >= 4 is 11.3 Å². The first-order valence-corrected chi connectivity index (χ1v) is 6.76. The Morgan fingerprint density at radius 1 is 1.24 bits per heavy atom. The number of aromatic nitrogens is 1. The number of aliphatic hydroxyl groups excluding tert-OH is 1. The van der Waals surface area contributed by atoms with Crippen LogP contribution in [0.4, 0.5) is 0 Å². The molecular formula is C14H17NOS. The second-order valence-corrected chi connectivity index (χ2v) is 5.37. The van der Waals surface area contributed by atoms with Gasteiger partial charge in [-0.05, 0) is 23.5 Å². The zero-order chi connectivity index (χ0) is 12.3.